The van der Waals surface area contributed by atoms with E-state index in [1.807, 2.05) is 12.1 Å². The van der Waals surface area contributed by atoms with Crippen molar-refractivity contribution in [2.75, 3.05) is 23.5 Å². The van der Waals surface area contributed by atoms with E-state index in [0.29, 0.717) is 33.8 Å². The van der Waals surface area contributed by atoms with Crippen LogP contribution in [0.25, 0.3) is 0 Å². The maximum atomic E-state index is 12.0. The Hall–Kier alpha value is -2.18. The zero-order chi connectivity index (χ0) is 16.9. The van der Waals surface area contributed by atoms with Crippen LogP contribution in [0.5, 0.6) is 11.5 Å². The predicted octanol–water partition coefficient (Wildman–Crippen LogP) is 3.60. The number of carbonyl (C=O) groups is 2. The van der Waals surface area contributed by atoms with Crippen molar-refractivity contribution in [1.82, 2.24) is 4.90 Å². The minimum Gasteiger partial charge on any atom is -0.456 e. The highest BCUT2D eigenvalue weighted by molar-refractivity contribution is 8.00. The highest BCUT2D eigenvalue weighted by Gasteiger charge is 2.22. The Morgan fingerprint density at radius 3 is 2.62 bits per heavy atom. The smallest absolute Gasteiger partial charge is 0.244 e. The summed E-state index contributed by atoms with van der Waals surface area (Å²) in [5.41, 5.74) is 0.644. The van der Waals surface area contributed by atoms with Gasteiger partial charge in [0, 0.05) is 5.69 Å². The Labute approximate surface area is 148 Å². The molecular formula is C17H15ClN2O3S. The van der Waals surface area contributed by atoms with Crippen LogP contribution in [-0.2, 0) is 9.59 Å². The highest BCUT2D eigenvalue weighted by Crippen LogP contribution is 2.29. The van der Waals surface area contributed by atoms with Gasteiger partial charge >= 0.3 is 0 Å². The first kappa shape index (κ1) is 16.7. The van der Waals surface area contributed by atoms with Gasteiger partial charge in [0.25, 0.3) is 0 Å². The van der Waals surface area contributed by atoms with Crippen molar-refractivity contribution >= 4 is 40.9 Å². The molecule has 1 N–H and O–H groups in total. The third-order valence-electron chi connectivity index (χ3n) is 3.36. The second-order valence-electron chi connectivity index (χ2n) is 5.17. The van der Waals surface area contributed by atoms with Crippen molar-refractivity contribution in [3.05, 3.63) is 53.6 Å². The molecule has 1 fully saturated rings. The zero-order valence-corrected chi connectivity index (χ0v) is 14.3. The van der Waals surface area contributed by atoms with E-state index in [4.69, 9.17) is 16.3 Å². The van der Waals surface area contributed by atoms with Crippen LogP contribution in [0.2, 0.25) is 5.02 Å². The Morgan fingerprint density at radius 1 is 1.21 bits per heavy atom. The minimum atomic E-state index is -0.217. The molecule has 0 saturated carbocycles. The fraction of sp³-hybridized carbons (Fsp3) is 0.176. The number of nitrogens with zero attached hydrogens (tertiary/aromatic N) is 1. The van der Waals surface area contributed by atoms with Gasteiger partial charge in [0.1, 0.15) is 18.0 Å². The lowest BCUT2D eigenvalue weighted by molar-refractivity contribution is -0.130. The molecule has 5 nitrogen and oxygen atoms in total. The predicted molar refractivity (Wildman–Crippen MR) is 95.6 cm³/mol. The van der Waals surface area contributed by atoms with Gasteiger partial charge in [-0.15, -0.1) is 11.8 Å². The summed E-state index contributed by atoms with van der Waals surface area (Å²) in [5.74, 6) is 1.98. The van der Waals surface area contributed by atoms with Gasteiger partial charge in [0.05, 0.1) is 16.7 Å². The molecule has 2 aromatic rings. The molecule has 1 heterocycles. The van der Waals surface area contributed by atoms with Crippen molar-refractivity contribution in [1.29, 1.82) is 0 Å². The van der Waals surface area contributed by atoms with Crippen molar-refractivity contribution in [3.63, 3.8) is 0 Å². The molecule has 24 heavy (non-hydrogen) atoms. The summed E-state index contributed by atoms with van der Waals surface area (Å²) in [4.78, 5) is 25.0. The van der Waals surface area contributed by atoms with Crippen molar-refractivity contribution < 1.29 is 14.3 Å². The summed E-state index contributed by atoms with van der Waals surface area (Å²) in [6.45, 7) is 0.0731. The largest absolute Gasteiger partial charge is 0.456 e. The quantitative estimate of drug-likeness (QED) is 0.882. The molecule has 0 bridgehead atoms. The molecule has 1 aliphatic heterocycles. The molecule has 2 aromatic carbocycles. The van der Waals surface area contributed by atoms with Gasteiger partial charge in [0.2, 0.25) is 11.8 Å². The van der Waals surface area contributed by atoms with E-state index < -0.39 is 0 Å². The van der Waals surface area contributed by atoms with Crippen molar-refractivity contribution in [3.8, 4) is 11.5 Å². The number of halogens is 1. The molecule has 2 amide bonds. The topological polar surface area (TPSA) is 58.6 Å². The zero-order valence-electron chi connectivity index (χ0n) is 12.7. The second-order valence-corrected chi connectivity index (χ2v) is 6.54. The van der Waals surface area contributed by atoms with Gasteiger partial charge in [-0.25, -0.2) is 0 Å². The first-order chi connectivity index (χ1) is 11.6. The van der Waals surface area contributed by atoms with Crippen LogP contribution < -0.4 is 10.1 Å². The minimum absolute atomic E-state index is 0.00126. The number of nitrogens with one attached hydrogen (secondary N) is 1. The average Bonchev–Trinajstić information content (AvgIpc) is 2.96. The number of hydrogen-bond donors (Lipinski definition) is 1. The molecule has 3 rings (SSSR count). The van der Waals surface area contributed by atoms with Crippen molar-refractivity contribution in [2.24, 2.45) is 0 Å². The molecule has 7 heteroatoms. The number of rotatable bonds is 5. The Balaban J connectivity index is 1.57. The van der Waals surface area contributed by atoms with Crippen LogP contribution >= 0.6 is 23.4 Å². The number of hydrogen-bond acceptors (Lipinski definition) is 4. The van der Waals surface area contributed by atoms with Gasteiger partial charge in [-0.05, 0) is 36.4 Å². The van der Waals surface area contributed by atoms with E-state index in [2.05, 4.69) is 5.32 Å². The first-order valence-corrected chi connectivity index (χ1v) is 8.83. The Bertz CT molecular complexity index is 752. The van der Waals surface area contributed by atoms with Gasteiger partial charge in [-0.2, -0.15) is 0 Å². The Kier molecular flexibility index (Phi) is 5.27. The van der Waals surface area contributed by atoms with Crippen LogP contribution in [-0.4, -0.2) is 34.9 Å². The molecule has 124 valence electrons. The monoisotopic (exact) mass is 362 g/mol. The third kappa shape index (κ3) is 4.21. The number of ether oxygens (including phenoxy) is 1. The van der Waals surface area contributed by atoms with E-state index >= 15 is 0 Å². The summed E-state index contributed by atoms with van der Waals surface area (Å²) in [5, 5.41) is 3.30. The maximum Gasteiger partial charge on any atom is 0.244 e. The molecule has 0 spiro atoms. The van der Waals surface area contributed by atoms with E-state index in [9.17, 15) is 9.59 Å². The van der Waals surface area contributed by atoms with E-state index in [0.717, 1.165) is 0 Å². The molecule has 0 radical (unpaired) electrons. The molecule has 0 aromatic heterocycles. The number of anilines is 1. The van der Waals surface area contributed by atoms with Crippen LogP contribution in [0.15, 0.2) is 48.5 Å². The Morgan fingerprint density at radius 2 is 1.96 bits per heavy atom. The van der Waals surface area contributed by atoms with Crippen LogP contribution in [0, 0.1) is 0 Å². The number of carbonyl (C=O) groups excluding carboxylic acids is 2. The SMILES string of the molecule is O=C(CN1CSCC1=O)Nc1ccc(Oc2ccccc2Cl)cc1. The lowest BCUT2D eigenvalue weighted by atomic mass is 10.3. The van der Waals surface area contributed by atoms with Gasteiger partial charge in [-0.1, -0.05) is 23.7 Å². The van der Waals surface area contributed by atoms with Crippen LogP contribution in [0.4, 0.5) is 5.69 Å². The molecule has 0 unspecified atom stereocenters. The van der Waals surface area contributed by atoms with Crippen molar-refractivity contribution in [2.45, 2.75) is 0 Å². The van der Waals surface area contributed by atoms with Gasteiger partial charge in [0.15, 0.2) is 0 Å². The first-order valence-electron chi connectivity index (χ1n) is 7.29. The molecular weight excluding hydrogens is 348 g/mol. The number of amides is 2. The standard InChI is InChI=1S/C17H15ClN2O3S/c18-14-3-1-2-4-15(14)23-13-7-5-12(6-8-13)19-16(21)9-20-11-24-10-17(20)22/h1-8H,9-11H2,(H,19,21). The fourth-order valence-electron chi connectivity index (χ4n) is 2.17. The maximum absolute atomic E-state index is 12.0. The van der Waals surface area contributed by atoms with Crippen LogP contribution in [0.3, 0.4) is 0 Å². The molecule has 0 atom stereocenters. The third-order valence-corrected chi connectivity index (χ3v) is 4.62. The lowest BCUT2D eigenvalue weighted by Crippen LogP contribution is -2.34. The van der Waals surface area contributed by atoms with E-state index in [1.54, 1.807) is 36.4 Å². The number of para-hydroxylation sites is 1. The van der Waals surface area contributed by atoms with E-state index in [1.165, 1.54) is 16.7 Å². The van der Waals surface area contributed by atoms with Gasteiger partial charge in [-0.3, -0.25) is 9.59 Å². The molecule has 1 aliphatic rings. The summed E-state index contributed by atoms with van der Waals surface area (Å²) in [7, 11) is 0. The number of benzene rings is 2. The molecule has 1 saturated heterocycles. The molecule has 0 aliphatic carbocycles. The van der Waals surface area contributed by atoms with Gasteiger partial charge < -0.3 is 15.0 Å². The summed E-state index contributed by atoms with van der Waals surface area (Å²) in [6, 6.07) is 14.2. The second kappa shape index (κ2) is 7.59. The normalized spacial score (nSPS) is 13.9. The van der Waals surface area contributed by atoms with Crippen LogP contribution in [0.1, 0.15) is 0 Å². The average molecular weight is 363 g/mol. The highest BCUT2D eigenvalue weighted by atomic mass is 35.5. The fourth-order valence-corrected chi connectivity index (χ4v) is 3.25. The number of thioether (sulfide) groups is 1. The summed E-state index contributed by atoms with van der Waals surface area (Å²) < 4.78 is 5.69. The lowest BCUT2D eigenvalue weighted by Gasteiger charge is -2.14. The summed E-state index contributed by atoms with van der Waals surface area (Å²) >= 11 is 7.56. The summed E-state index contributed by atoms with van der Waals surface area (Å²) in [6.07, 6.45) is 0. The van der Waals surface area contributed by atoms with E-state index in [-0.39, 0.29) is 18.4 Å².